The van der Waals surface area contributed by atoms with Gasteiger partial charge >= 0.3 is 0 Å². The van der Waals surface area contributed by atoms with E-state index in [1.165, 1.54) is 6.42 Å². The fourth-order valence-corrected chi connectivity index (χ4v) is 5.19. The van der Waals surface area contributed by atoms with Crippen LogP contribution in [-0.2, 0) is 0 Å². The van der Waals surface area contributed by atoms with Gasteiger partial charge in [-0.1, -0.05) is 27.7 Å². The van der Waals surface area contributed by atoms with Gasteiger partial charge in [0.15, 0.2) is 0 Å². The zero-order valence-corrected chi connectivity index (χ0v) is 17.5. The van der Waals surface area contributed by atoms with Crippen molar-refractivity contribution in [1.82, 2.24) is 14.9 Å². The van der Waals surface area contributed by atoms with Gasteiger partial charge in [-0.2, -0.15) is 0 Å². The van der Waals surface area contributed by atoms with Crippen molar-refractivity contribution in [3.8, 4) is 0 Å². The molecule has 1 unspecified atom stereocenters. The molecule has 1 aliphatic carbocycles. The van der Waals surface area contributed by atoms with Gasteiger partial charge in [-0.05, 0) is 30.7 Å². The van der Waals surface area contributed by atoms with Crippen molar-refractivity contribution < 1.29 is 5.11 Å². The van der Waals surface area contributed by atoms with Crippen LogP contribution in [0.25, 0.3) is 0 Å². The predicted octanol–water partition coefficient (Wildman–Crippen LogP) is 2.19. The van der Waals surface area contributed by atoms with E-state index >= 15 is 0 Å². The molecule has 150 valence electrons. The molecule has 2 aliphatic heterocycles. The van der Waals surface area contributed by atoms with Crippen molar-refractivity contribution in [3.63, 3.8) is 0 Å². The smallest absolute Gasteiger partial charge is 0.135 e. The third-order valence-corrected chi connectivity index (χ3v) is 7.10. The zero-order chi connectivity index (χ0) is 19.3. The molecule has 6 heteroatoms. The topological polar surface area (TPSA) is 55.7 Å². The second-order valence-electron chi connectivity index (χ2n) is 9.82. The minimum atomic E-state index is 0.170. The SMILES string of the molecule is CC(C)c1nc(N2CCN(C)C(CO)C2)cc(N2C[C@@H]3CC(C)(C)[C@@H]3C2)n1. The maximum atomic E-state index is 9.70. The quantitative estimate of drug-likeness (QED) is 0.873. The molecule has 0 aromatic carbocycles. The van der Waals surface area contributed by atoms with E-state index in [2.05, 4.69) is 55.5 Å². The van der Waals surface area contributed by atoms with E-state index in [4.69, 9.17) is 9.97 Å². The van der Waals surface area contributed by atoms with Gasteiger partial charge in [0.2, 0.25) is 0 Å². The first-order valence-electron chi connectivity index (χ1n) is 10.5. The van der Waals surface area contributed by atoms with E-state index in [9.17, 15) is 5.11 Å². The molecular formula is C21H35N5O. The van der Waals surface area contributed by atoms with Gasteiger partial charge in [0.1, 0.15) is 17.5 Å². The van der Waals surface area contributed by atoms with E-state index in [0.29, 0.717) is 11.3 Å². The van der Waals surface area contributed by atoms with Gasteiger partial charge in [-0.25, -0.2) is 9.97 Å². The van der Waals surface area contributed by atoms with Crippen LogP contribution in [-0.4, -0.2) is 72.4 Å². The van der Waals surface area contributed by atoms with Crippen molar-refractivity contribution in [1.29, 1.82) is 0 Å². The minimum Gasteiger partial charge on any atom is -0.395 e. The molecule has 3 aliphatic rings. The first-order valence-corrected chi connectivity index (χ1v) is 10.5. The van der Waals surface area contributed by atoms with E-state index in [1.54, 1.807) is 0 Å². The fraction of sp³-hybridized carbons (Fsp3) is 0.810. The summed E-state index contributed by atoms with van der Waals surface area (Å²) >= 11 is 0. The van der Waals surface area contributed by atoms with Gasteiger partial charge in [0.25, 0.3) is 0 Å². The Bertz CT molecular complexity index is 669. The van der Waals surface area contributed by atoms with Gasteiger partial charge in [-0.3, -0.25) is 4.90 Å². The standard InChI is InChI=1S/C21H35N5O/c1-14(2)20-22-18(25-7-6-24(5)16(11-25)13-27)8-19(23-20)26-10-15-9-21(3,4)17(15)12-26/h8,14-17,27H,6-7,9-13H2,1-5H3/t15-,16?,17+/m0/s1. The molecule has 1 N–H and O–H groups in total. The van der Waals surface area contributed by atoms with Crippen LogP contribution in [0.15, 0.2) is 6.07 Å². The number of anilines is 2. The van der Waals surface area contributed by atoms with E-state index in [-0.39, 0.29) is 12.6 Å². The molecular weight excluding hydrogens is 338 g/mol. The van der Waals surface area contributed by atoms with E-state index in [1.807, 2.05) is 0 Å². The Morgan fingerprint density at radius 3 is 2.41 bits per heavy atom. The van der Waals surface area contributed by atoms with Crippen LogP contribution in [0, 0.1) is 17.3 Å². The summed E-state index contributed by atoms with van der Waals surface area (Å²) in [6.45, 7) is 14.3. The summed E-state index contributed by atoms with van der Waals surface area (Å²) in [7, 11) is 2.09. The average molecular weight is 374 g/mol. The molecule has 0 bridgehead atoms. The summed E-state index contributed by atoms with van der Waals surface area (Å²) in [4.78, 5) is 16.9. The van der Waals surface area contributed by atoms with Gasteiger partial charge in [0, 0.05) is 44.7 Å². The molecule has 0 radical (unpaired) electrons. The lowest BCUT2D eigenvalue weighted by Gasteiger charge is -2.47. The lowest BCUT2D eigenvalue weighted by atomic mass is 9.57. The van der Waals surface area contributed by atoms with Crippen LogP contribution in [0.1, 0.15) is 45.9 Å². The molecule has 0 amide bonds. The molecule has 0 spiro atoms. The lowest BCUT2D eigenvalue weighted by molar-refractivity contribution is 0.0299. The van der Waals surface area contributed by atoms with Crippen molar-refractivity contribution >= 4 is 11.6 Å². The van der Waals surface area contributed by atoms with Crippen LogP contribution in [0.4, 0.5) is 11.6 Å². The van der Waals surface area contributed by atoms with Gasteiger partial charge in [0.05, 0.1) is 12.6 Å². The minimum absolute atomic E-state index is 0.170. The fourth-order valence-electron chi connectivity index (χ4n) is 5.19. The third kappa shape index (κ3) is 3.42. The van der Waals surface area contributed by atoms with Crippen molar-refractivity contribution in [2.24, 2.45) is 17.3 Å². The number of nitrogens with zero attached hydrogens (tertiary/aromatic N) is 5. The predicted molar refractivity (Wildman–Crippen MR) is 109 cm³/mol. The normalized spacial score (nSPS) is 30.6. The number of aromatic nitrogens is 2. The Morgan fingerprint density at radius 1 is 1.11 bits per heavy atom. The molecule has 4 rings (SSSR count). The molecule has 27 heavy (non-hydrogen) atoms. The van der Waals surface area contributed by atoms with Crippen molar-refractivity contribution in [2.75, 3.05) is 56.2 Å². The Labute approximate surface area is 163 Å². The Kier molecular flexibility index (Phi) is 4.83. The van der Waals surface area contributed by atoms with Gasteiger partial charge < -0.3 is 14.9 Å². The maximum Gasteiger partial charge on any atom is 0.135 e. The highest BCUT2D eigenvalue weighted by Gasteiger charge is 2.52. The molecule has 1 saturated carbocycles. The first kappa shape index (κ1) is 18.9. The maximum absolute atomic E-state index is 9.70. The van der Waals surface area contributed by atoms with Crippen molar-refractivity contribution in [3.05, 3.63) is 11.9 Å². The van der Waals surface area contributed by atoms with E-state index in [0.717, 1.165) is 62.0 Å². The first-order chi connectivity index (χ1) is 12.8. The third-order valence-electron chi connectivity index (χ3n) is 7.10. The molecule has 6 nitrogen and oxygen atoms in total. The van der Waals surface area contributed by atoms with Gasteiger partial charge in [-0.15, -0.1) is 0 Å². The number of likely N-dealkylation sites (N-methyl/N-ethyl adjacent to an activating group) is 1. The lowest BCUT2D eigenvalue weighted by Crippen LogP contribution is -2.53. The number of aliphatic hydroxyl groups is 1. The molecule has 1 aromatic heterocycles. The molecule has 2 saturated heterocycles. The highest BCUT2D eigenvalue weighted by Crippen LogP contribution is 2.54. The number of hydrogen-bond acceptors (Lipinski definition) is 6. The number of piperazine rings is 1. The summed E-state index contributed by atoms with van der Waals surface area (Å²) in [6.07, 6.45) is 1.33. The van der Waals surface area contributed by atoms with Crippen LogP contribution in [0.3, 0.4) is 0 Å². The number of hydrogen-bond donors (Lipinski definition) is 1. The molecule has 1 aromatic rings. The number of fused-ring (bicyclic) bond motifs is 1. The number of rotatable bonds is 4. The van der Waals surface area contributed by atoms with Crippen LogP contribution < -0.4 is 9.80 Å². The largest absolute Gasteiger partial charge is 0.395 e. The van der Waals surface area contributed by atoms with Crippen LogP contribution in [0.2, 0.25) is 0 Å². The van der Waals surface area contributed by atoms with Crippen LogP contribution in [0.5, 0.6) is 0 Å². The molecule has 3 atom stereocenters. The van der Waals surface area contributed by atoms with Crippen molar-refractivity contribution in [2.45, 2.75) is 46.1 Å². The second-order valence-corrected chi connectivity index (χ2v) is 9.82. The summed E-state index contributed by atoms with van der Waals surface area (Å²) in [6, 6.07) is 2.35. The Morgan fingerprint density at radius 2 is 1.81 bits per heavy atom. The summed E-state index contributed by atoms with van der Waals surface area (Å²) in [5, 5.41) is 9.70. The second kappa shape index (κ2) is 6.89. The molecule has 3 fully saturated rings. The summed E-state index contributed by atoms with van der Waals surface area (Å²) in [5.74, 6) is 4.97. The monoisotopic (exact) mass is 373 g/mol. The summed E-state index contributed by atoms with van der Waals surface area (Å²) in [5.41, 5.74) is 0.474. The number of aliphatic hydroxyl groups excluding tert-OH is 1. The summed E-state index contributed by atoms with van der Waals surface area (Å²) < 4.78 is 0. The Hall–Kier alpha value is -1.40. The van der Waals surface area contributed by atoms with Crippen LogP contribution >= 0.6 is 0 Å². The Balaban J connectivity index is 1.60. The molecule has 3 heterocycles. The van der Waals surface area contributed by atoms with E-state index < -0.39 is 0 Å². The highest BCUT2D eigenvalue weighted by molar-refractivity contribution is 5.53. The zero-order valence-electron chi connectivity index (χ0n) is 17.5. The highest BCUT2D eigenvalue weighted by atomic mass is 16.3. The average Bonchev–Trinajstić information content (AvgIpc) is 3.01.